The molecule has 0 bridgehead atoms. The zero-order chi connectivity index (χ0) is 19.7. The summed E-state index contributed by atoms with van der Waals surface area (Å²) in [4.78, 5) is 35.5. The van der Waals surface area contributed by atoms with Crippen molar-refractivity contribution >= 4 is 17.9 Å². The molecule has 1 heterocycles. The van der Waals surface area contributed by atoms with Gasteiger partial charge in [0.25, 0.3) is 0 Å². The molecule has 27 heavy (non-hydrogen) atoms. The van der Waals surface area contributed by atoms with Crippen LogP contribution < -0.4 is 0 Å². The highest BCUT2D eigenvalue weighted by Gasteiger charge is 2.38. The Morgan fingerprint density at radius 1 is 1.30 bits per heavy atom. The molecule has 6 nitrogen and oxygen atoms in total. The van der Waals surface area contributed by atoms with E-state index in [0.717, 1.165) is 35.1 Å². The van der Waals surface area contributed by atoms with Crippen LogP contribution in [0.4, 0.5) is 0 Å². The summed E-state index contributed by atoms with van der Waals surface area (Å²) in [6.07, 6.45) is 5.27. The number of hydrogen-bond acceptors (Lipinski definition) is 5. The average molecular weight is 372 g/mol. The van der Waals surface area contributed by atoms with Crippen molar-refractivity contribution in [2.24, 2.45) is 0 Å². The zero-order valence-electron chi connectivity index (χ0n) is 15.9. The molecule has 1 aliphatic carbocycles. The van der Waals surface area contributed by atoms with Gasteiger partial charge in [0.15, 0.2) is 0 Å². The molecular weight excluding hydrogens is 348 g/mol. The first-order chi connectivity index (χ1) is 12.8. The van der Waals surface area contributed by atoms with Crippen LogP contribution in [0.3, 0.4) is 0 Å². The Kier molecular flexibility index (Phi) is 5.35. The molecule has 1 aromatic rings. The second-order valence-electron chi connectivity index (χ2n) is 7.23. The van der Waals surface area contributed by atoms with E-state index in [-0.39, 0.29) is 30.1 Å². The molecule has 144 valence electrons. The van der Waals surface area contributed by atoms with Crippen LogP contribution in [0, 0.1) is 6.92 Å². The quantitative estimate of drug-likeness (QED) is 0.580. The normalized spacial score (nSPS) is 16.1. The predicted molar refractivity (Wildman–Crippen MR) is 97.9 cm³/mol. The Balaban J connectivity index is 2.02. The van der Waals surface area contributed by atoms with Gasteiger partial charge in [-0.2, -0.15) is 0 Å². The lowest BCUT2D eigenvalue weighted by atomic mass is 9.84. The van der Waals surface area contributed by atoms with Crippen LogP contribution in [0.15, 0.2) is 11.6 Å². The molecule has 0 spiro atoms. The van der Waals surface area contributed by atoms with Crippen molar-refractivity contribution in [1.29, 1.82) is 0 Å². The van der Waals surface area contributed by atoms with E-state index in [1.807, 2.05) is 19.9 Å². The van der Waals surface area contributed by atoms with Crippen molar-refractivity contribution in [3.63, 3.8) is 0 Å². The van der Waals surface area contributed by atoms with Crippen molar-refractivity contribution in [3.05, 3.63) is 45.0 Å². The molecule has 1 fully saturated rings. The smallest absolute Gasteiger partial charge is 0.339 e. The maximum Gasteiger partial charge on any atom is 0.339 e. The van der Waals surface area contributed by atoms with Crippen LogP contribution in [0.5, 0.6) is 0 Å². The van der Waals surface area contributed by atoms with Crippen LogP contribution >= 0.6 is 0 Å². The van der Waals surface area contributed by atoms with E-state index in [4.69, 9.17) is 4.74 Å². The highest BCUT2D eigenvalue weighted by molar-refractivity contribution is 6.06. The molecule has 0 amide bonds. The maximum atomic E-state index is 12.2. The van der Waals surface area contributed by atoms with Gasteiger partial charge in [-0.3, -0.25) is 4.79 Å². The molecule has 0 radical (unpaired) electrons. The fourth-order valence-corrected chi connectivity index (χ4v) is 3.78. The van der Waals surface area contributed by atoms with Gasteiger partial charge in [-0.1, -0.05) is 11.6 Å². The van der Waals surface area contributed by atoms with Gasteiger partial charge >= 0.3 is 17.9 Å². The van der Waals surface area contributed by atoms with Crippen molar-refractivity contribution in [3.8, 4) is 0 Å². The number of methoxy groups -OCH3 is 1. The van der Waals surface area contributed by atoms with E-state index in [2.05, 4.69) is 4.74 Å². The fraction of sp³-hybridized carbons (Fsp3) is 0.476. The number of esters is 2. The summed E-state index contributed by atoms with van der Waals surface area (Å²) in [6.45, 7) is 4.01. The summed E-state index contributed by atoms with van der Waals surface area (Å²) >= 11 is 0. The number of carbonyl (C=O) groups excluding carboxylic acids is 2. The minimum Gasteiger partial charge on any atom is -0.478 e. The van der Waals surface area contributed by atoms with Crippen LogP contribution in [-0.2, 0) is 27.3 Å². The molecule has 0 atom stereocenters. The number of hydrogen-bond donors (Lipinski definition) is 1. The number of carboxylic acids is 1. The van der Waals surface area contributed by atoms with Crippen molar-refractivity contribution < 1.29 is 29.0 Å². The van der Waals surface area contributed by atoms with Crippen LogP contribution in [0.1, 0.15) is 81.5 Å². The number of fused-ring (bicyclic) bond motifs is 1. The van der Waals surface area contributed by atoms with Gasteiger partial charge in [-0.25, -0.2) is 9.59 Å². The molecule has 2 aliphatic rings. The van der Waals surface area contributed by atoms with E-state index < -0.39 is 11.9 Å². The lowest BCUT2D eigenvalue weighted by molar-refractivity contribution is -0.140. The van der Waals surface area contributed by atoms with Gasteiger partial charge in [-0.15, -0.1) is 0 Å². The molecule has 6 heteroatoms. The predicted octanol–water partition coefficient (Wildman–Crippen LogP) is 3.68. The zero-order valence-corrected chi connectivity index (χ0v) is 15.9. The van der Waals surface area contributed by atoms with Crippen LogP contribution in [0.2, 0.25) is 0 Å². The lowest BCUT2D eigenvalue weighted by Crippen LogP contribution is -2.14. The number of carbonyl (C=O) groups is 3. The number of carboxylic acid groups (broad SMARTS) is 1. The van der Waals surface area contributed by atoms with E-state index in [9.17, 15) is 19.5 Å². The summed E-state index contributed by atoms with van der Waals surface area (Å²) in [7, 11) is 1.36. The summed E-state index contributed by atoms with van der Waals surface area (Å²) in [5, 5.41) is 9.85. The summed E-state index contributed by atoms with van der Waals surface area (Å²) in [6, 6.07) is 0. The Morgan fingerprint density at radius 3 is 2.59 bits per heavy atom. The summed E-state index contributed by atoms with van der Waals surface area (Å²) < 4.78 is 9.79. The first-order valence-electron chi connectivity index (χ1n) is 9.16. The van der Waals surface area contributed by atoms with E-state index >= 15 is 0 Å². The minimum absolute atomic E-state index is 0.0806. The maximum absolute atomic E-state index is 12.2. The third-order valence-electron chi connectivity index (χ3n) is 5.39. The molecular formula is C21H24O6. The van der Waals surface area contributed by atoms with Gasteiger partial charge in [0.05, 0.1) is 18.2 Å². The molecule has 1 aromatic carbocycles. The highest BCUT2D eigenvalue weighted by atomic mass is 16.5. The van der Waals surface area contributed by atoms with E-state index in [1.165, 1.54) is 7.11 Å². The standard InChI is InChI=1S/C21H24O6/c1-11(5-9-16(22)26-3)4-8-14-17(13-6-7-13)12(2)15-10-27-21(25)19(15)18(14)20(23)24/h4,13H,5-10H2,1-3H3,(H,23,24)/b11-4+. The Morgan fingerprint density at radius 2 is 2.00 bits per heavy atom. The van der Waals surface area contributed by atoms with Gasteiger partial charge in [0, 0.05) is 12.0 Å². The number of allylic oxidation sites excluding steroid dienone is 2. The molecule has 0 unspecified atom stereocenters. The second kappa shape index (κ2) is 7.55. The topological polar surface area (TPSA) is 89.9 Å². The van der Waals surface area contributed by atoms with Crippen molar-refractivity contribution in [2.75, 3.05) is 7.11 Å². The number of benzene rings is 1. The SMILES string of the molecule is COC(=O)CC/C(C)=C/Cc1c(C(=O)O)c2c(c(C)c1C1CC1)COC2=O. The molecule has 1 N–H and O–H groups in total. The number of aromatic carboxylic acids is 1. The fourth-order valence-electron chi connectivity index (χ4n) is 3.78. The average Bonchev–Trinajstić information content (AvgIpc) is 3.40. The Labute approximate surface area is 158 Å². The van der Waals surface area contributed by atoms with E-state index in [1.54, 1.807) is 0 Å². The van der Waals surface area contributed by atoms with Crippen molar-refractivity contribution in [1.82, 2.24) is 0 Å². The van der Waals surface area contributed by atoms with Crippen LogP contribution in [0.25, 0.3) is 0 Å². The highest BCUT2D eigenvalue weighted by Crippen LogP contribution is 2.47. The van der Waals surface area contributed by atoms with Gasteiger partial charge < -0.3 is 14.6 Å². The Hall–Kier alpha value is -2.63. The third kappa shape index (κ3) is 3.75. The molecule has 0 aromatic heterocycles. The van der Waals surface area contributed by atoms with Gasteiger partial charge in [0.2, 0.25) is 0 Å². The minimum atomic E-state index is -1.09. The Bertz CT molecular complexity index is 845. The monoisotopic (exact) mass is 372 g/mol. The van der Waals surface area contributed by atoms with Gasteiger partial charge in [-0.05, 0) is 62.1 Å². The number of rotatable bonds is 7. The second-order valence-corrected chi connectivity index (χ2v) is 7.23. The lowest BCUT2D eigenvalue weighted by Gasteiger charge is -2.18. The number of ether oxygens (including phenoxy) is 2. The largest absolute Gasteiger partial charge is 0.478 e. The molecule has 1 saturated carbocycles. The number of cyclic esters (lactones) is 1. The van der Waals surface area contributed by atoms with Crippen molar-refractivity contribution in [2.45, 2.75) is 58.5 Å². The molecule has 1 aliphatic heterocycles. The van der Waals surface area contributed by atoms with Gasteiger partial charge in [0.1, 0.15) is 6.61 Å². The third-order valence-corrected chi connectivity index (χ3v) is 5.39. The molecule has 3 rings (SSSR count). The summed E-state index contributed by atoms with van der Waals surface area (Å²) in [5.74, 6) is -1.57. The molecule has 0 saturated heterocycles. The summed E-state index contributed by atoms with van der Waals surface area (Å²) in [5.41, 5.74) is 4.74. The first kappa shape index (κ1) is 19.1. The van der Waals surface area contributed by atoms with E-state index in [0.29, 0.717) is 24.3 Å². The first-order valence-corrected chi connectivity index (χ1v) is 9.16. The van der Waals surface area contributed by atoms with Crippen LogP contribution in [-0.4, -0.2) is 30.1 Å².